The van der Waals surface area contributed by atoms with Crippen LogP contribution in [-0.4, -0.2) is 29.9 Å². The maximum atomic E-state index is 11.7. The summed E-state index contributed by atoms with van der Waals surface area (Å²) in [5, 5.41) is 5.84. The minimum atomic E-state index is -0.300. The molecule has 2 rings (SSSR count). The lowest BCUT2D eigenvalue weighted by Crippen LogP contribution is -2.31. The molecular weight excluding hydrogens is 318 g/mol. The quantitative estimate of drug-likeness (QED) is 0.814. The van der Waals surface area contributed by atoms with Crippen molar-refractivity contribution in [1.29, 1.82) is 0 Å². The maximum absolute atomic E-state index is 11.7. The molecule has 0 aliphatic heterocycles. The molecule has 23 heavy (non-hydrogen) atoms. The van der Waals surface area contributed by atoms with Crippen molar-refractivity contribution >= 4 is 29.2 Å². The first-order valence-corrected chi connectivity index (χ1v) is 7.37. The number of ether oxygens (including phenoxy) is 1. The highest BCUT2D eigenvalue weighted by Crippen LogP contribution is 2.15. The van der Waals surface area contributed by atoms with Gasteiger partial charge in [-0.2, -0.15) is 0 Å². The Labute approximate surface area is 138 Å². The first-order chi connectivity index (χ1) is 11.1. The number of benzene rings is 1. The van der Waals surface area contributed by atoms with Gasteiger partial charge >= 0.3 is 0 Å². The normalized spacial score (nSPS) is 9.96. The van der Waals surface area contributed by atoms with Crippen molar-refractivity contribution < 1.29 is 14.3 Å². The number of halogens is 1. The fraction of sp³-hybridized carbons (Fsp3) is 0.188. The van der Waals surface area contributed by atoms with Crippen LogP contribution in [0.1, 0.15) is 6.42 Å². The molecule has 2 aromatic rings. The molecule has 6 nitrogen and oxygen atoms in total. The summed E-state index contributed by atoms with van der Waals surface area (Å²) in [6, 6.07) is 11.9. The van der Waals surface area contributed by atoms with Crippen molar-refractivity contribution in [3.05, 3.63) is 53.7 Å². The number of carbonyl (C=O) groups excluding carboxylic acids is 2. The van der Waals surface area contributed by atoms with E-state index in [0.717, 1.165) is 0 Å². The minimum Gasteiger partial charge on any atom is -0.484 e. The molecule has 2 N–H and O–H groups in total. The number of nitrogens with zero attached hydrogens (tertiary/aromatic N) is 1. The predicted octanol–water partition coefficient (Wildman–Crippen LogP) is 2.26. The molecular formula is C16H16ClN3O3. The van der Waals surface area contributed by atoms with E-state index in [9.17, 15) is 9.59 Å². The summed E-state index contributed by atoms with van der Waals surface area (Å²) in [7, 11) is 0. The zero-order valence-electron chi connectivity index (χ0n) is 12.3. The number of carbonyl (C=O) groups is 2. The Hall–Kier alpha value is -2.60. The number of amides is 2. The monoisotopic (exact) mass is 333 g/mol. The molecule has 0 saturated carbocycles. The number of anilines is 1. The Morgan fingerprint density at radius 3 is 2.57 bits per heavy atom. The fourth-order valence-corrected chi connectivity index (χ4v) is 1.81. The fourth-order valence-electron chi connectivity index (χ4n) is 1.69. The third-order valence-electron chi connectivity index (χ3n) is 2.79. The van der Waals surface area contributed by atoms with Crippen LogP contribution in [0, 0.1) is 0 Å². The van der Waals surface area contributed by atoms with Crippen molar-refractivity contribution in [3.63, 3.8) is 0 Å². The van der Waals surface area contributed by atoms with E-state index in [0.29, 0.717) is 16.6 Å². The molecule has 2 amide bonds. The Kier molecular flexibility index (Phi) is 6.38. The molecule has 0 aliphatic rings. The van der Waals surface area contributed by atoms with Crippen LogP contribution in [0.4, 0.5) is 5.82 Å². The van der Waals surface area contributed by atoms with Crippen LogP contribution in [-0.2, 0) is 9.59 Å². The summed E-state index contributed by atoms with van der Waals surface area (Å²) in [4.78, 5) is 27.3. The standard InChI is InChI=1S/C16H16ClN3O3/c17-12-4-6-13(7-5-12)23-11-16(22)19-10-8-15(21)20-14-3-1-2-9-18-14/h1-7,9H,8,10-11H2,(H,19,22)(H,18,20,21). The van der Waals surface area contributed by atoms with E-state index in [1.165, 1.54) is 0 Å². The lowest BCUT2D eigenvalue weighted by atomic mass is 10.3. The average molecular weight is 334 g/mol. The molecule has 0 saturated heterocycles. The topological polar surface area (TPSA) is 80.3 Å². The summed E-state index contributed by atoms with van der Waals surface area (Å²) in [5.74, 6) is 0.514. The third-order valence-corrected chi connectivity index (χ3v) is 3.04. The Morgan fingerprint density at radius 2 is 1.87 bits per heavy atom. The molecule has 0 atom stereocenters. The van der Waals surface area contributed by atoms with Crippen molar-refractivity contribution in [2.45, 2.75) is 6.42 Å². The van der Waals surface area contributed by atoms with E-state index in [1.54, 1.807) is 48.7 Å². The third kappa shape index (κ3) is 6.36. The van der Waals surface area contributed by atoms with Gasteiger partial charge in [-0.3, -0.25) is 9.59 Å². The van der Waals surface area contributed by atoms with Crippen molar-refractivity contribution in [2.75, 3.05) is 18.5 Å². The highest BCUT2D eigenvalue weighted by molar-refractivity contribution is 6.30. The van der Waals surface area contributed by atoms with Gasteiger partial charge in [-0.1, -0.05) is 17.7 Å². The summed E-state index contributed by atoms with van der Waals surface area (Å²) in [6.07, 6.45) is 1.74. The predicted molar refractivity (Wildman–Crippen MR) is 87.4 cm³/mol. The molecule has 0 fully saturated rings. The van der Waals surface area contributed by atoms with E-state index in [-0.39, 0.29) is 31.4 Å². The molecule has 0 aliphatic carbocycles. The van der Waals surface area contributed by atoms with Gasteiger partial charge in [0.1, 0.15) is 11.6 Å². The van der Waals surface area contributed by atoms with Crippen molar-refractivity contribution in [3.8, 4) is 5.75 Å². The van der Waals surface area contributed by atoms with E-state index < -0.39 is 0 Å². The van der Waals surface area contributed by atoms with E-state index in [4.69, 9.17) is 16.3 Å². The van der Waals surface area contributed by atoms with Gasteiger partial charge in [0.15, 0.2) is 6.61 Å². The minimum absolute atomic E-state index is 0.122. The summed E-state index contributed by atoms with van der Waals surface area (Å²) >= 11 is 5.75. The van der Waals surface area contributed by atoms with Crippen LogP contribution in [0.5, 0.6) is 5.75 Å². The number of nitrogens with one attached hydrogen (secondary N) is 2. The van der Waals surface area contributed by atoms with Gasteiger partial charge in [0.05, 0.1) is 0 Å². The number of hydrogen-bond donors (Lipinski definition) is 2. The summed E-state index contributed by atoms with van der Waals surface area (Å²) < 4.78 is 5.29. The van der Waals surface area contributed by atoms with Gasteiger partial charge in [-0.05, 0) is 36.4 Å². The molecule has 1 aromatic carbocycles. The van der Waals surface area contributed by atoms with E-state index in [2.05, 4.69) is 15.6 Å². The lowest BCUT2D eigenvalue weighted by molar-refractivity contribution is -0.123. The zero-order valence-corrected chi connectivity index (χ0v) is 13.0. The number of rotatable bonds is 7. The van der Waals surface area contributed by atoms with Gasteiger partial charge in [-0.25, -0.2) is 4.98 Å². The van der Waals surface area contributed by atoms with Gasteiger partial charge in [0.25, 0.3) is 5.91 Å². The first-order valence-electron chi connectivity index (χ1n) is 6.99. The largest absolute Gasteiger partial charge is 0.484 e. The molecule has 0 spiro atoms. The number of pyridine rings is 1. The second-order valence-corrected chi connectivity index (χ2v) is 5.04. The van der Waals surface area contributed by atoms with Gasteiger partial charge in [-0.15, -0.1) is 0 Å². The second kappa shape index (κ2) is 8.75. The Bertz CT molecular complexity index is 647. The van der Waals surface area contributed by atoms with Crippen molar-refractivity contribution in [1.82, 2.24) is 10.3 Å². The van der Waals surface area contributed by atoms with Crippen LogP contribution < -0.4 is 15.4 Å². The maximum Gasteiger partial charge on any atom is 0.257 e. The van der Waals surface area contributed by atoms with E-state index in [1.807, 2.05) is 0 Å². The first kappa shape index (κ1) is 16.8. The smallest absolute Gasteiger partial charge is 0.257 e. The number of hydrogen-bond acceptors (Lipinski definition) is 4. The van der Waals surface area contributed by atoms with Crippen LogP contribution >= 0.6 is 11.6 Å². The van der Waals surface area contributed by atoms with E-state index >= 15 is 0 Å². The lowest BCUT2D eigenvalue weighted by Gasteiger charge is -2.08. The summed E-state index contributed by atoms with van der Waals surface area (Å²) in [6.45, 7) is 0.102. The van der Waals surface area contributed by atoms with Gasteiger partial charge < -0.3 is 15.4 Å². The molecule has 1 aromatic heterocycles. The molecule has 1 heterocycles. The SMILES string of the molecule is O=C(COc1ccc(Cl)cc1)NCCC(=O)Nc1ccccn1. The Balaban J connectivity index is 1.62. The Morgan fingerprint density at radius 1 is 1.09 bits per heavy atom. The van der Waals surface area contributed by atoms with Crippen molar-refractivity contribution in [2.24, 2.45) is 0 Å². The second-order valence-electron chi connectivity index (χ2n) is 4.61. The van der Waals surface area contributed by atoms with Crippen LogP contribution in [0.15, 0.2) is 48.7 Å². The van der Waals surface area contributed by atoms with Crippen LogP contribution in [0.2, 0.25) is 5.02 Å². The molecule has 0 unspecified atom stereocenters. The highest BCUT2D eigenvalue weighted by atomic mass is 35.5. The molecule has 7 heteroatoms. The average Bonchev–Trinajstić information content (AvgIpc) is 2.55. The number of aromatic nitrogens is 1. The molecule has 0 bridgehead atoms. The van der Waals surface area contributed by atoms with Gasteiger partial charge in [0, 0.05) is 24.2 Å². The van der Waals surface area contributed by atoms with Crippen LogP contribution in [0.3, 0.4) is 0 Å². The summed E-state index contributed by atoms with van der Waals surface area (Å²) in [5.41, 5.74) is 0. The van der Waals surface area contributed by atoms with Crippen LogP contribution in [0.25, 0.3) is 0 Å². The molecule has 0 radical (unpaired) electrons. The van der Waals surface area contributed by atoms with Gasteiger partial charge in [0.2, 0.25) is 5.91 Å². The highest BCUT2D eigenvalue weighted by Gasteiger charge is 2.06. The zero-order chi connectivity index (χ0) is 16.5. The molecule has 120 valence electrons.